The van der Waals surface area contributed by atoms with Gasteiger partial charge in [0, 0.05) is 37.4 Å². The van der Waals surface area contributed by atoms with E-state index in [4.69, 9.17) is 0 Å². The minimum absolute atomic E-state index is 0.0312. The summed E-state index contributed by atoms with van der Waals surface area (Å²) in [4.78, 5) is 12.9. The molecule has 1 aliphatic heterocycles. The van der Waals surface area contributed by atoms with Crippen LogP contribution in [0.4, 0.5) is 5.69 Å². The topological polar surface area (TPSA) is 104 Å². The first-order valence-electron chi connectivity index (χ1n) is 11.6. The summed E-state index contributed by atoms with van der Waals surface area (Å²) in [6, 6.07) is 11.8. The first-order chi connectivity index (χ1) is 16.1. The zero-order chi connectivity index (χ0) is 24.9. The fourth-order valence-corrected chi connectivity index (χ4v) is 6.85. The molecule has 0 aliphatic carbocycles. The number of rotatable bonds is 9. The molecule has 0 spiro atoms. The Hall–Kier alpha value is -2.27. The van der Waals surface area contributed by atoms with Gasteiger partial charge in [-0.2, -0.15) is 4.31 Å². The molecule has 186 valence electrons. The number of carbonyl (C=O) groups excluding carboxylic acids is 1. The lowest BCUT2D eigenvalue weighted by Gasteiger charge is -2.32. The summed E-state index contributed by atoms with van der Waals surface area (Å²) >= 11 is 0. The molecular formula is C24H33N3O5S2. The molecule has 1 amide bonds. The number of hydrogen-bond donors (Lipinski definition) is 1. The fourth-order valence-electron chi connectivity index (χ4n) is 3.94. The minimum atomic E-state index is -3.60. The van der Waals surface area contributed by atoms with Gasteiger partial charge in [0.2, 0.25) is 20.0 Å². The van der Waals surface area contributed by atoms with Crippen LogP contribution < -0.4 is 5.32 Å². The Balaban J connectivity index is 1.68. The molecule has 0 unspecified atom stereocenters. The lowest BCUT2D eigenvalue weighted by molar-refractivity contribution is 0.102. The molecule has 10 heteroatoms. The van der Waals surface area contributed by atoms with Gasteiger partial charge in [0.25, 0.3) is 5.91 Å². The predicted octanol–water partition coefficient (Wildman–Crippen LogP) is 3.92. The summed E-state index contributed by atoms with van der Waals surface area (Å²) in [5.74, 6) is -0.413. The Morgan fingerprint density at radius 3 is 2.21 bits per heavy atom. The van der Waals surface area contributed by atoms with E-state index in [1.807, 2.05) is 13.8 Å². The second-order valence-corrected chi connectivity index (χ2v) is 12.6. The van der Waals surface area contributed by atoms with Gasteiger partial charge in [-0.05, 0) is 74.7 Å². The van der Waals surface area contributed by atoms with Gasteiger partial charge in [-0.3, -0.25) is 4.79 Å². The van der Waals surface area contributed by atoms with Gasteiger partial charge in [0.15, 0.2) is 0 Å². The van der Waals surface area contributed by atoms with E-state index in [1.165, 1.54) is 40.7 Å². The van der Waals surface area contributed by atoms with E-state index < -0.39 is 26.0 Å². The number of nitrogens with zero attached hydrogens (tertiary/aromatic N) is 2. The molecule has 1 N–H and O–H groups in total. The van der Waals surface area contributed by atoms with Crippen molar-refractivity contribution in [1.29, 1.82) is 0 Å². The summed E-state index contributed by atoms with van der Waals surface area (Å²) in [6.45, 7) is 4.87. The van der Waals surface area contributed by atoms with Crippen LogP contribution in [0.3, 0.4) is 0 Å². The molecule has 1 aliphatic rings. The number of benzene rings is 2. The van der Waals surface area contributed by atoms with Crippen molar-refractivity contribution in [2.75, 3.05) is 25.5 Å². The number of unbranched alkanes of at least 4 members (excludes halogenated alkanes) is 1. The van der Waals surface area contributed by atoms with E-state index in [0.717, 1.165) is 32.1 Å². The van der Waals surface area contributed by atoms with Crippen LogP contribution in [0.15, 0.2) is 58.3 Å². The van der Waals surface area contributed by atoms with Crippen molar-refractivity contribution in [1.82, 2.24) is 8.61 Å². The minimum Gasteiger partial charge on any atom is -0.322 e. The number of anilines is 1. The molecule has 1 atom stereocenters. The Morgan fingerprint density at radius 2 is 1.62 bits per heavy atom. The van der Waals surface area contributed by atoms with E-state index in [-0.39, 0.29) is 15.8 Å². The van der Waals surface area contributed by atoms with Gasteiger partial charge in [-0.15, -0.1) is 0 Å². The third-order valence-corrected chi connectivity index (χ3v) is 10.0. The summed E-state index contributed by atoms with van der Waals surface area (Å²) in [5, 5.41) is 2.73. The van der Waals surface area contributed by atoms with Crippen LogP contribution in [-0.4, -0.2) is 57.5 Å². The molecule has 8 nitrogen and oxygen atoms in total. The lowest BCUT2D eigenvalue weighted by Crippen LogP contribution is -2.41. The summed E-state index contributed by atoms with van der Waals surface area (Å²) in [6.07, 6.45) is 4.40. The van der Waals surface area contributed by atoms with Crippen molar-refractivity contribution in [3.8, 4) is 0 Å². The second-order valence-electron chi connectivity index (χ2n) is 8.64. The van der Waals surface area contributed by atoms with Crippen LogP contribution >= 0.6 is 0 Å². The average Bonchev–Trinajstić information content (AvgIpc) is 2.83. The highest BCUT2D eigenvalue weighted by Gasteiger charge is 2.30. The van der Waals surface area contributed by atoms with Crippen molar-refractivity contribution in [3.63, 3.8) is 0 Å². The van der Waals surface area contributed by atoms with Crippen LogP contribution in [0.5, 0.6) is 0 Å². The van der Waals surface area contributed by atoms with Crippen molar-refractivity contribution in [2.24, 2.45) is 0 Å². The number of sulfonamides is 2. The molecule has 1 saturated heterocycles. The van der Waals surface area contributed by atoms with Gasteiger partial charge >= 0.3 is 0 Å². The van der Waals surface area contributed by atoms with E-state index in [1.54, 1.807) is 23.5 Å². The lowest BCUT2D eigenvalue weighted by atomic mass is 10.1. The average molecular weight is 508 g/mol. The molecule has 2 aromatic rings. The first kappa shape index (κ1) is 26.3. The molecule has 0 radical (unpaired) electrons. The Morgan fingerprint density at radius 1 is 1.00 bits per heavy atom. The highest BCUT2D eigenvalue weighted by atomic mass is 32.2. The quantitative estimate of drug-likeness (QED) is 0.554. The second kappa shape index (κ2) is 11.0. The number of hydrogen-bond acceptors (Lipinski definition) is 5. The van der Waals surface area contributed by atoms with Crippen LogP contribution in [0, 0.1) is 0 Å². The summed E-state index contributed by atoms with van der Waals surface area (Å²) in [5.41, 5.74) is 0.751. The number of amides is 1. The first-order valence-corrected chi connectivity index (χ1v) is 14.4. The molecule has 1 fully saturated rings. The van der Waals surface area contributed by atoms with Gasteiger partial charge < -0.3 is 5.32 Å². The zero-order valence-electron chi connectivity index (χ0n) is 19.9. The molecule has 34 heavy (non-hydrogen) atoms. The Labute approximate surface area is 203 Å². The van der Waals surface area contributed by atoms with Gasteiger partial charge in [0.1, 0.15) is 0 Å². The third kappa shape index (κ3) is 5.86. The molecule has 0 bridgehead atoms. The van der Waals surface area contributed by atoms with Crippen LogP contribution in [0.25, 0.3) is 0 Å². The van der Waals surface area contributed by atoms with E-state index in [9.17, 15) is 21.6 Å². The maximum atomic E-state index is 13.0. The fraction of sp³-hybridized carbons (Fsp3) is 0.458. The molecule has 0 aromatic heterocycles. The zero-order valence-corrected chi connectivity index (χ0v) is 21.5. The monoisotopic (exact) mass is 507 g/mol. The SMILES string of the molecule is CCCCN(C)S(=O)(=O)c1ccc(C(=O)Nc2ccc(S(=O)(=O)N3CCCC[C@@H]3C)cc2)cc1. The molecular weight excluding hydrogens is 474 g/mol. The summed E-state index contributed by atoms with van der Waals surface area (Å²) < 4.78 is 54.0. The van der Waals surface area contributed by atoms with Crippen molar-refractivity contribution >= 4 is 31.6 Å². The highest BCUT2D eigenvalue weighted by molar-refractivity contribution is 7.89. The molecule has 2 aromatic carbocycles. The molecule has 0 saturated carbocycles. The van der Waals surface area contributed by atoms with Crippen molar-refractivity contribution in [3.05, 3.63) is 54.1 Å². The van der Waals surface area contributed by atoms with Crippen molar-refractivity contribution in [2.45, 2.75) is 61.8 Å². The third-order valence-electron chi connectivity index (χ3n) is 6.11. The predicted molar refractivity (Wildman–Crippen MR) is 133 cm³/mol. The van der Waals surface area contributed by atoms with Crippen LogP contribution in [0.2, 0.25) is 0 Å². The van der Waals surface area contributed by atoms with Crippen LogP contribution in [0.1, 0.15) is 56.3 Å². The number of nitrogens with one attached hydrogen (secondary N) is 1. The van der Waals surface area contributed by atoms with Gasteiger partial charge in [-0.25, -0.2) is 21.1 Å². The van der Waals surface area contributed by atoms with E-state index in [0.29, 0.717) is 24.3 Å². The van der Waals surface area contributed by atoms with Gasteiger partial charge in [0.05, 0.1) is 9.79 Å². The molecule has 3 rings (SSSR count). The number of piperidine rings is 1. The largest absolute Gasteiger partial charge is 0.322 e. The highest BCUT2D eigenvalue weighted by Crippen LogP contribution is 2.26. The van der Waals surface area contributed by atoms with Gasteiger partial charge in [-0.1, -0.05) is 19.8 Å². The smallest absolute Gasteiger partial charge is 0.255 e. The van der Waals surface area contributed by atoms with E-state index in [2.05, 4.69) is 5.32 Å². The Bertz CT molecular complexity index is 1190. The molecule has 1 heterocycles. The maximum Gasteiger partial charge on any atom is 0.255 e. The standard InChI is InChI=1S/C24H33N3O5S2/c1-4-5-17-26(3)33(29,30)22-13-9-20(10-14-22)24(28)25-21-11-15-23(16-12-21)34(31,32)27-18-7-6-8-19(27)2/h9-16,19H,4-8,17-18H2,1-3H3,(H,25,28)/t19-/m0/s1. The van der Waals surface area contributed by atoms with E-state index >= 15 is 0 Å². The van der Waals surface area contributed by atoms with Crippen molar-refractivity contribution < 1.29 is 21.6 Å². The van der Waals surface area contributed by atoms with Crippen LogP contribution in [-0.2, 0) is 20.0 Å². The maximum absolute atomic E-state index is 13.0. The summed E-state index contributed by atoms with van der Waals surface area (Å²) in [7, 11) is -5.64. The Kier molecular flexibility index (Phi) is 8.51. The number of carbonyl (C=O) groups is 1. The normalized spacial score (nSPS) is 17.6.